The molecule has 26 heavy (non-hydrogen) atoms. The topological polar surface area (TPSA) is 9.23 Å². The van der Waals surface area contributed by atoms with E-state index in [0.717, 1.165) is 35.1 Å². The average Bonchev–Trinajstić information content (AvgIpc) is 2.68. The fourth-order valence-corrected chi connectivity index (χ4v) is 4.31. The molecule has 0 spiro atoms. The third-order valence-corrected chi connectivity index (χ3v) is 5.94. The van der Waals surface area contributed by atoms with Crippen LogP contribution >= 0.6 is 0 Å². The molecule has 1 aliphatic carbocycles. The van der Waals surface area contributed by atoms with Gasteiger partial charge in [0.15, 0.2) is 0 Å². The number of aryl methyl sites for hydroxylation is 1. The van der Waals surface area contributed by atoms with E-state index in [9.17, 15) is 4.39 Å². The van der Waals surface area contributed by atoms with Gasteiger partial charge in [0.25, 0.3) is 0 Å². The first-order valence-corrected chi connectivity index (χ1v) is 10.1. The van der Waals surface area contributed by atoms with Crippen molar-refractivity contribution in [3.05, 3.63) is 53.8 Å². The summed E-state index contributed by atoms with van der Waals surface area (Å²) in [6, 6.07) is 13.3. The van der Waals surface area contributed by atoms with Gasteiger partial charge < -0.3 is 4.74 Å². The maximum atomic E-state index is 14.6. The molecule has 0 saturated heterocycles. The van der Waals surface area contributed by atoms with E-state index < -0.39 is 0 Å². The molecule has 1 saturated carbocycles. The molecule has 2 aromatic rings. The zero-order valence-corrected chi connectivity index (χ0v) is 16.1. The van der Waals surface area contributed by atoms with Crippen LogP contribution in [-0.4, -0.2) is 7.11 Å². The molecule has 0 atom stereocenters. The predicted molar refractivity (Wildman–Crippen MR) is 107 cm³/mol. The summed E-state index contributed by atoms with van der Waals surface area (Å²) in [5, 5.41) is 0. The van der Waals surface area contributed by atoms with Crippen LogP contribution in [0.2, 0.25) is 0 Å². The van der Waals surface area contributed by atoms with E-state index in [1.165, 1.54) is 44.9 Å². The minimum Gasteiger partial charge on any atom is -0.497 e. The number of halogens is 1. The number of benzene rings is 2. The van der Waals surface area contributed by atoms with E-state index in [-0.39, 0.29) is 5.82 Å². The Bertz CT molecular complexity index is 684. The fourth-order valence-electron chi connectivity index (χ4n) is 4.31. The van der Waals surface area contributed by atoms with Gasteiger partial charge in [0.2, 0.25) is 0 Å². The van der Waals surface area contributed by atoms with Crippen molar-refractivity contribution >= 4 is 0 Å². The normalized spacial score (nSPS) is 20.1. The molecular weight excluding hydrogens is 323 g/mol. The van der Waals surface area contributed by atoms with Crippen LogP contribution in [0.1, 0.15) is 57.4 Å². The Morgan fingerprint density at radius 3 is 2.15 bits per heavy atom. The Kier molecular flexibility index (Phi) is 6.71. The zero-order chi connectivity index (χ0) is 18.4. The van der Waals surface area contributed by atoms with E-state index in [1.807, 2.05) is 30.3 Å². The van der Waals surface area contributed by atoms with Crippen molar-refractivity contribution in [2.24, 2.45) is 11.8 Å². The van der Waals surface area contributed by atoms with Crippen LogP contribution in [0.15, 0.2) is 42.5 Å². The summed E-state index contributed by atoms with van der Waals surface area (Å²) in [5.41, 5.74) is 2.68. The lowest BCUT2D eigenvalue weighted by atomic mass is 9.78. The van der Waals surface area contributed by atoms with E-state index >= 15 is 0 Å². The van der Waals surface area contributed by atoms with Crippen molar-refractivity contribution in [1.82, 2.24) is 0 Å². The van der Waals surface area contributed by atoms with Crippen LogP contribution in [0.5, 0.6) is 5.75 Å². The monoisotopic (exact) mass is 354 g/mol. The van der Waals surface area contributed by atoms with Gasteiger partial charge in [-0.1, -0.05) is 69.7 Å². The van der Waals surface area contributed by atoms with E-state index in [2.05, 4.69) is 13.0 Å². The van der Waals surface area contributed by atoms with Gasteiger partial charge in [0.05, 0.1) is 7.11 Å². The Balaban J connectivity index is 1.56. The molecule has 0 aromatic heterocycles. The Hall–Kier alpha value is -1.83. The molecule has 0 heterocycles. The van der Waals surface area contributed by atoms with Crippen LogP contribution < -0.4 is 4.74 Å². The molecule has 0 aliphatic heterocycles. The summed E-state index contributed by atoms with van der Waals surface area (Å²) in [4.78, 5) is 0. The summed E-state index contributed by atoms with van der Waals surface area (Å²) in [6.07, 6.45) is 10.4. The molecular formula is C24H31FO. The molecule has 1 nitrogen and oxygen atoms in total. The Morgan fingerprint density at radius 2 is 1.58 bits per heavy atom. The number of methoxy groups -OCH3 is 1. The summed E-state index contributed by atoms with van der Waals surface area (Å²) in [6.45, 7) is 2.29. The molecule has 0 amide bonds. The van der Waals surface area contributed by atoms with Crippen molar-refractivity contribution < 1.29 is 9.13 Å². The third-order valence-electron chi connectivity index (χ3n) is 5.94. The van der Waals surface area contributed by atoms with Gasteiger partial charge in [0, 0.05) is 5.56 Å². The van der Waals surface area contributed by atoms with Crippen molar-refractivity contribution in [2.45, 2.75) is 58.3 Å². The van der Waals surface area contributed by atoms with Gasteiger partial charge in [0.1, 0.15) is 11.6 Å². The van der Waals surface area contributed by atoms with Gasteiger partial charge >= 0.3 is 0 Å². The summed E-state index contributed by atoms with van der Waals surface area (Å²) in [5.74, 6) is 2.45. The van der Waals surface area contributed by atoms with Gasteiger partial charge in [-0.2, -0.15) is 0 Å². The first-order chi connectivity index (χ1) is 12.7. The van der Waals surface area contributed by atoms with Crippen LogP contribution in [0.25, 0.3) is 11.1 Å². The first-order valence-electron chi connectivity index (χ1n) is 10.1. The standard InChI is InChI=1S/C24H31FO/c1-3-4-18-5-7-19(8-6-18)9-10-20-11-16-23(24(25)17-20)21-12-14-22(26-2)15-13-21/h11-19H,3-10H2,1-2H3. The minimum atomic E-state index is -0.126. The highest BCUT2D eigenvalue weighted by Crippen LogP contribution is 2.34. The molecule has 0 bridgehead atoms. The molecule has 3 rings (SSSR count). The smallest absolute Gasteiger partial charge is 0.131 e. The molecule has 1 fully saturated rings. The summed E-state index contributed by atoms with van der Waals surface area (Å²) in [7, 11) is 1.64. The minimum absolute atomic E-state index is 0.126. The van der Waals surface area contributed by atoms with E-state index in [1.54, 1.807) is 13.2 Å². The number of ether oxygens (including phenoxy) is 1. The predicted octanol–water partition coefficient (Wildman–Crippen LogP) is 7.04. The lowest BCUT2D eigenvalue weighted by molar-refractivity contribution is 0.252. The number of hydrogen-bond donors (Lipinski definition) is 0. The SMILES string of the molecule is CCCC1CCC(CCc2ccc(-c3ccc(OC)cc3)c(F)c2)CC1. The first kappa shape index (κ1) is 18.9. The molecule has 140 valence electrons. The van der Waals surface area contributed by atoms with Crippen LogP contribution in [0, 0.1) is 17.7 Å². The number of hydrogen-bond acceptors (Lipinski definition) is 1. The third kappa shape index (κ3) is 4.87. The van der Waals surface area contributed by atoms with E-state index in [0.29, 0.717) is 5.56 Å². The fraction of sp³-hybridized carbons (Fsp3) is 0.500. The maximum Gasteiger partial charge on any atom is 0.131 e. The molecule has 2 heteroatoms. The van der Waals surface area contributed by atoms with Gasteiger partial charge in [-0.15, -0.1) is 0 Å². The summed E-state index contributed by atoms with van der Waals surface area (Å²) < 4.78 is 19.8. The van der Waals surface area contributed by atoms with Gasteiger partial charge in [-0.3, -0.25) is 0 Å². The van der Waals surface area contributed by atoms with Gasteiger partial charge in [-0.05, 0) is 54.0 Å². The molecule has 0 unspecified atom stereocenters. The molecule has 0 N–H and O–H groups in total. The second-order valence-electron chi connectivity index (χ2n) is 7.76. The van der Waals surface area contributed by atoms with Crippen LogP contribution in [-0.2, 0) is 6.42 Å². The highest BCUT2D eigenvalue weighted by Gasteiger charge is 2.20. The Labute approximate surface area is 157 Å². The average molecular weight is 355 g/mol. The zero-order valence-electron chi connectivity index (χ0n) is 16.1. The molecule has 1 aliphatic rings. The van der Waals surface area contributed by atoms with E-state index in [4.69, 9.17) is 4.74 Å². The Morgan fingerprint density at radius 1 is 0.923 bits per heavy atom. The van der Waals surface area contributed by atoms with Crippen molar-refractivity contribution in [1.29, 1.82) is 0 Å². The van der Waals surface area contributed by atoms with Crippen LogP contribution in [0.3, 0.4) is 0 Å². The summed E-state index contributed by atoms with van der Waals surface area (Å²) >= 11 is 0. The lowest BCUT2D eigenvalue weighted by Gasteiger charge is -2.28. The highest BCUT2D eigenvalue weighted by atomic mass is 19.1. The second-order valence-corrected chi connectivity index (χ2v) is 7.76. The quantitative estimate of drug-likeness (QED) is 0.518. The van der Waals surface area contributed by atoms with Crippen molar-refractivity contribution in [3.8, 4) is 16.9 Å². The lowest BCUT2D eigenvalue weighted by Crippen LogP contribution is -2.15. The van der Waals surface area contributed by atoms with Crippen LogP contribution in [0.4, 0.5) is 4.39 Å². The van der Waals surface area contributed by atoms with Gasteiger partial charge in [-0.25, -0.2) is 4.39 Å². The number of rotatable bonds is 7. The highest BCUT2D eigenvalue weighted by molar-refractivity contribution is 5.65. The van der Waals surface area contributed by atoms with Crippen molar-refractivity contribution in [2.75, 3.05) is 7.11 Å². The second kappa shape index (κ2) is 9.21. The largest absolute Gasteiger partial charge is 0.497 e. The maximum absolute atomic E-state index is 14.6. The molecule has 0 radical (unpaired) electrons. The van der Waals surface area contributed by atoms with Crippen molar-refractivity contribution in [3.63, 3.8) is 0 Å². The molecule has 2 aromatic carbocycles.